The predicted octanol–water partition coefficient (Wildman–Crippen LogP) is 4.93. The van der Waals surface area contributed by atoms with Gasteiger partial charge in [-0.05, 0) is 69.2 Å². The lowest BCUT2D eigenvalue weighted by Gasteiger charge is -2.32. The van der Waals surface area contributed by atoms with E-state index in [4.69, 9.17) is 9.47 Å². The number of ether oxygens (including phenoxy) is 2. The number of nitrogens with zero attached hydrogens (tertiary/aromatic N) is 2. The zero-order valence-corrected chi connectivity index (χ0v) is 25.8. The molecule has 3 aromatic carbocycles. The fraction of sp³-hybridized carbons (Fsp3) is 0.375. The molecule has 42 heavy (non-hydrogen) atoms. The summed E-state index contributed by atoms with van der Waals surface area (Å²) in [5.41, 5.74) is 1.87. The van der Waals surface area contributed by atoms with Gasteiger partial charge in [-0.3, -0.25) is 13.9 Å². The summed E-state index contributed by atoms with van der Waals surface area (Å²) in [5.74, 6) is 0.0719. The number of unbranched alkanes of at least 4 members (excludes halogenated alkanes) is 1. The van der Waals surface area contributed by atoms with Crippen molar-refractivity contribution >= 4 is 27.5 Å². The van der Waals surface area contributed by atoms with E-state index in [2.05, 4.69) is 5.32 Å². The fourth-order valence-electron chi connectivity index (χ4n) is 4.38. The Hall–Kier alpha value is -4.05. The molecule has 0 heterocycles. The summed E-state index contributed by atoms with van der Waals surface area (Å²) in [5, 5.41) is 2.89. The SMILES string of the molecule is CCCCNC(=O)[C@@H](C)N(Cc1cccc(OC)c1)C(=O)CN(c1ccccc1OCC)S(=O)(=O)c1ccc(C)cc1. The molecule has 1 atom stereocenters. The van der Waals surface area contributed by atoms with E-state index < -0.39 is 28.5 Å². The summed E-state index contributed by atoms with van der Waals surface area (Å²) in [6.07, 6.45) is 1.71. The number of anilines is 1. The molecule has 226 valence electrons. The van der Waals surface area contributed by atoms with Crippen LogP contribution < -0.4 is 19.1 Å². The quantitative estimate of drug-likeness (QED) is 0.250. The molecule has 2 amide bonds. The van der Waals surface area contributed by atoms with E-state index >= 15 is 0 Å². The van der Waals surface area contributed by atoms with Gasteiger partial charge in [0.05, 0.1) is 24.3 Å². The van der Waals surface area contributed by atoms with Gasteiger partial charge in [0, 0.05) is 13.1 Å². The van der Waals surface area contributed by atoms with Gasteiger partial charge >= 0.3 is 0 Å². The highest BCUT2D eigenvalue weighted by atomic mass is 32.2. The van der Waals surface area contributed by atoms with E-state index in [1.54, 1.807) is 75.6 Å². The minimum atomic E-state index is -4.20. The number of hydrogen-bond acceptors (Lipinski definition) is 6. The molecule has 10 heteroatoms. The Morgan fingerprint density at radius 1 is 0.976 bits per heavy atom. The number of methoxy groups -OCH3 is 1. The lowest BCUT2D eigenvalue weighted by atomic mass is 10.1. The van der Waals surface area contributed by atoms with Gasteiger partial charge in [0.2, 0.25) is 11.8 Å². The Morgan fingerprint density at radius 3 is 2.36 bits per heavy atom. The number of rotatable bonds is 15. The van der Waals surface area contributed by atoms with E-state index in [0.29, 0.717) is 24.7 Å². The van der Waals surface area contributed by atoms with Gasteiger partial charge in [-0.15, -0.1) is 0 Å². The first-order valence-corrected chi connectivity index (χ1v) is 15.6. The number of hydrogen-bond donors (Lipinski definition) is 1. The Bertz CT molecular complexity index is 1440. The molecule has 3 rings (SSSR count). The van der Waals surface area contributed by atoms with Gasteiger partial charge in [0.1, 0.15) is 24.1 Å². The van der Waals surface area contributed by atoms with Crippen molar-refractivity contribution in [1.82, 2.24) is 10.2 Å². The van der Waals surface area contributed by atoms with Crippen LogP contribution in [0, 0.1) is 6.92 Å². The lowest BCUT2D eigenvalue weighted by molar-refractivity contribution is -0.139. The highest BCUT2D eigenvalue weighted by molar-refractivity contribution is 7.92. The van der Waals surface area contributed by atoms with Crippen LogP contribution in [0.4, 0.5) is 5.69 Å². The standard InChI is InChI=1S/C32H41N3O6S/c1-6-8-20-33-32(37)25(4)34(22-26-12-11-13-27(21-26)40-5)31(36)23-35(29-14-9-10-15-30(29)41-7-2)42(38,39)28-18-16-24(3)17-19-28/h9-19,21,25H,6-8,20,22-23H2,1-5H3,(H,33,37)/t25-/m1/s1. The Morgan fingerprint density at radius 2 is 1.69 bits per heavy atom. The summed E-state index contributed by atoms with van der Waals surface area (Å²) in [6.45, 7) is 7.65. The van der Waals surface area contributed by atoms with E-state index in [-0.39, 0.29) is 23.0 Å². The van der Waals surface area contributed by atoms with Gasteiger partial charge in [0.15, 0.2) is 0 Å². The van der Waals surface area contributed by atoms with Crippen LogP contribution in [0.1, 0.15) is 44.7 Å². The molecule has 9 nitrogen and oxygen atoms in total. The van der Waals surface area contributed by atoms with Gasteiger partial charge in [-0.2, -0.15) is 0 Å². The zero-order valence-electron chi connectivity index (χ0n) is 25.0. The number of amides is 2. The summed E-state index contributed by atoms with van der Waals surface area (Å²) in [7, 11) is -2.65. The molecule has 0 aliphatic carbocycles. The van der Waals surface area contributed by atoms with Crippen molar-refractivity contribution in [1.29, 1.82) is 0 Å². The maximum absolute atomic E-state index is 14.1. The summed E-state index contributed by atoms with van der Waals surface area (Å²) < 4.78 is 40.3. The number of para-hydroxylation sites is 2. The smallest absolute Gasteiger partial charge is 0.264 e. The van der Waals surface area contributed by atoms with Crippen LogP contribution in [0.2, 0.25) is 0 Å². The minimum absolute atomic E-state index is 0.0388. The largest absolute Gasteiger partial charge is 0.497 e. The Kier molecular flexibility index (Phi) is 11.8. The Labute approximate surface area is 249 Å². The van der Waals surface area contributed by atoms with E-state index in [1.165, 1.54) is 17.0 Å². The van der Waals surface area contributed by atoms with Crippen LogP contribution in [0.3, 0.4) is 0 Å². The van der Waals surface area contributed by atoms with Crippen molar-refractivity contribution in [2.45, 2.75) is 58.0 Å². The molecule has 1 N–H and O–H groups in total. The molecule has 0 spiro atoms. The second-order valence-electron chi connectivity index (χ2n) is 9.92. The van der Waals surface area contributed by atoms with Crippen LogP contribution in [0.5, 0.6) is 11.5 Å². The maximum Gasteiger partial charge on any atom is 0.264 e. The van der Waals surface area contributed by atoms with Crippen LogP contribution >= 0.6 is 0 Å². The molecule has 0 fully saturated rings. The molecule has 0 aliphatic rings. The third-order valence-electron chi connectivity index (χ3n) is 6.81. The van der Waals surface area contributed by atoms with E-state index in [1.807, 2.05) is 19.9 Å². The van der Waals surface area contributed by atoms with Crippen molar-refractivity contribution in [3.05, 3.63) is 83.9 Å². The molecule has 0 unspecified atom stereocenters. The number of nitrogens with one attached hydrogen (secondary N) is 1. The second-order valence-corrected chi connectivity index (χ2v) is 11.8. The molecule has 0 radical (unpaired) electrons. The highest BCUT2D eigenvalue weighted by Gasteiger charge is 2.33. The summed E-state index contributed by atoms with van der Waals surface area (Å²) in [6, 6.07) is 19.5. The van der Waals surface area contributed by atoms with E-state index in [0.717, 1.165) is 28.3 Å². The molecule has 3 aromatic rings. The third-order valence-corrected chi connectivity index (χ3v) is 8.58. The predicted molar refractivity (Wildman–Crippen MR) is 164 cm³/mol. The molecule has 0 aromatic heterocycles. The fourth-order valence-corrected chi connectivity index (χ4v) is 5.80. The van der Waals surface area contributed by atoms with Crippen LogP contribution in [0.15, 0.2) is 77.7 Å². The van der Waals surface area contributed by atoms with Crippen molar-refractivity contribution in [3.8, 4) is 11.5 Å². The monoisotopic (exact) mass is 595 g/mol. The molecular formula is C32H41N3O6S. The minimum Gasteiger partial charge on any atom is -0.497 e. The number of carbonyl (C=O) groups excluding carboxylic acids is 2. The van der Waals surface area contributed by atoms with Crippen molar-refractivity contribution in [2.75, 3.05) is 31.1 Å². The van der Waals surface area contributed by atoms with Crippen LogP contribution in [-0.4, -0.2) is 58.0 Å². The number of aryl methyl sites for hydroxylation is 1. The zero-order chi connectivity index (χ0) is 30.7. The molecule has 0 saturated heterocycles. The maximum atomic E-state index is 14.1. The topological polar surface area (TPSA) is 105 Å². The number of carbonyl (C=O) groups is 2. The summed E-state index contributed by atoms with van der Waals surface area (Å²) in [4.78, 5) is 28.7. The molecule has 0 saturated carbocycles. The van der Waals surface area contributed by atoms with Gasteiger partial charge in [-0.25, -0.2) is 8.42 Å². The first-order valence-electron chi connectivity index (χ1n) is 14.1. The van der Waals surface area contributed by atoms with Crippen molar-refractivity contribution in [2.24, 2.45) is 0 Å². The molecule has 0 bridgehead atoms. The normalized spacial score (nSPS) is 11.8. The van der Waals surface area contributed by atoms with Gasteiger partial charge in [-0.1, -0.05) is 55.3 Å². The number of benzene rings is 3. The molecule has 0 aliphatic heterocycles. The number of sulfonamides is 1. The van der Waals surface area contributed by atoms with E-state index in [9.17, 15) is 18.0 Å². The first-order chi connectivity index (χ1) is 20.1. The van der Waals surface area contributed by atoms with Crippen LogP contribution in [-0.2, 0) is 26.2 Å². The van der Waals surface area contributed by atoms with Gasteiger partial charge in [0.25, 0.3) is 10.0 Å². The van der Waals surface area contributed by atoms with Crippen LogP contribution in [0.25, 0.3) is 0 Å². The summed E-state index contributed by atoms with van der Waals surface area (Å²) >= 11 is 0. The Balaban J connectivity index is 2.06. The average Bonchev–Trinajstić information content (AvgIpc) is 2.99. The first kappa shape index (κ1) is 32.5. The van der Waals surface area contributed by atoms with Gasteiger partial charge < -0.3 is 19.7 Å². The third kappa shape index (κ3) is 8.25. The highest BCUT2D eigenvalue weighted by Crippen LogP contribution is 2.33. The molecular weight excluding hydrogens is 554 g/mol. The van der Waals surface area contributed by atoms with Crippen molar-refractivity contribution < 1.29 is 27.5 Å². The van der Waals surface area contributed by atoms with Crippen molar-refractivity contribution in [3.63, 3.8) is 0 Å². The lowest BCUT2D eigenvalue weighted by Crippen LogP contribution is -2.51. The second kappa shape index (κ2) is 15.3. The average molecular weight is 596 g/mol.